The van der Waals surface area contributed by atoms with Gasteiger partial charge in [-0.3, -0.25) is 4.98 Å². The summed E-state index contributed by atoms with van der Waals surface area (Å²) in [6, 6.07) is 0. The summed E-state index contributed by atoms with van der Waals surface area (Å²) in [7, 11) is 0. The number of aromatic nitrogens is 1. The Labute approximate surface area is 83.3 Å². The minimum atomic E-state index is -2.98. The fourth-order valence-electron chi connectivity index (χ4n) is 1.01. The zero-order chi connectivity index (χ0) is 10.7. The largest absolute Gasteiger partial charge is 0.392 e. The lowest BCUT2D eigenvalue weighted by molar-refractivity contribution is 0.140. The zero-order valence-electron chi connectivity index (χ0n) is 6.98. The second-order valence-electron chi connectivity index (χ2n) is 2.55. The zero-order valence-corrected chi connectivity index (χ0v) is 7.73. The molecular weight excluding hydrogens is 219 g/mol. The molecule has 0 spiro atoms. The van der Waals surface area contributed by atoms with E-state index in [-0.39, 0.29) is 17.0 Å². The standard InChI is InChI=1S/C8H7ClF3NO/c9-1-5-4(3-14)2-13-7(6(5)10)8(11)12/h2,8,14H,1,3H2. The molecule has 6 heteroatoms. The molecule has 0 saturated carbocycles. The SMILES string of the molecule is OCc1cnc(C(F)F)c(F)c1CCl. The van der Waals surface area contributed by atoms with Crippen molar-refractivity contribution in [2.45, 2.75) is 18.9 Å². The van der Waals surface area contributed by atoms with Crippen molar-refractivity contribution in [1.82, 2.24) is 4.98 Å². The van der Waals surface area contributed by atoms with Crippen molar-refractivity contribution >= 4 is 11.6 Å². The summed E-state index contributed by atoms with van der Waals surface area (Å²) in [5, 5.41) is 8.75. The first-order valence-electron chi connectivity index (χ1n) is 3.73. The molecule has 1 rings (SSSR count). The highest BCUT2D eigenvalue weighted by atomic mass is 35.5. The van der Waals surface area contributed by atoms with Gasteiger partial charge in [-0.1, -0.05) is 0 Å². The van der Waals surface area contributed by atoms with Crippen molar-refractivity contribution in [3.63, 3.8) is 0 Å². The highest BCUT2D eigenvalue weighted by molar-refractivity contribution is 6.17. The van der Waals surface area contributed by atoms with Crippen LogP contribution in [0.3, 0.4) is 0 Å². The molecule has 0 radical (unpaired) electrons. The summed E-state index contributed by atoms with van der Waals surface area (Å²) >= 11 is 5.37. The molecule has 0 aliphatic heterocycles. The molecule has 2 nitrogen and oxygen atoms in total. The Kier molecular flexibility index (Phi) is 3.71. The minimum absolute atomic E-state index is 0.125. The van der Waals surface area contributed by atoms with Gasteiger partial charge in [0, 0.05) is 17.3 Å². The summed E-state index contributed by atoms with van der Waals surface area (Å²) in [6.45, 7) is -0.477. The van der Waals surface area contributed by atoms with Crippen molar-refractivity contribution in [2.24, 2.45) is 0 Å². The molecule has 0 aliphatic rings. The second kappa shape index (κ2) is 4.61. The quantitative estimate of drug-likeness (QED) is 0.802. The summed E-state index contributed by atoms with van der Waals surface area (Å²) in [5.74, 6) is -1.41. The van der Waals surface area contributed by atoms with Gasteiger partial charge in [0.05, 0.1) is 12.5 Å². The van der Waals surface area contributed by atoms with Crippen LogP contribution in [0.15, 0.2) is 6.20 Å². The first-order chi connectivity index (χ1) is 6.61. The Balaban J connectivity index is 3.27. The van der Waals surface area contributed by atoms with Gasteiger partial charge in [-0.2, -0.15) is 0 Å². The molecule has 0 aromatic carbocycles. The average Bonchev–Trinajstić information content (AvgIpc) is 2.16. The van der Waals surface area contributed by atoms with Crippen LogP contribution in [-0.4, -0.2) is 10.1 Å². The Morgan fingerprint density at radius 3 is 2.57 bits per heavy atom. The molecule has 78 valence electrons. The van der Waals surface area contributed by atoms with E-state index in [2.05, 4.69) is 4.98 Å². The van der Waals surface area contributed by atoms with E-state index in [4.69, 9.17) is 16.7 Å². The number of hydrogen-bond acceptors (Lipinski definition) is 2. The summed E-state index contributed by atoms with van der Waals surface area (Å²) in [6.07, 6.45) is -1.98. The lowest BCUT2D eigenvalue weighted by Gasteiger charge is -2.08. The van der Waals surface area contributed by atoms with Crippen LogP contribution in [0.2, 0.25) is 0 Å². The fraction of sp³-hybridized carbons (Fsp3) is 0.375. The molecule has 1 aromatic heterocycles. The lowest BCUT2D eigenvalue weighted by Crippen LogP contribution is -2.04. The van der Waals surface area contributed by atoms with Crippen molar-refractivity contribution in [1.29, 1.82) is 0 Å². The van der Waals surface area contributed by atoms with Crippen LogP contribution in [0.1, 0.15) is 23.2 Å². The van der Waals surface area contributed by atoms with Gasteiger partial charge in [-0.15, -0.1) is 11.6 Å². The predicted molar refractivity (Wildman–Crippen MR) is 44.6 cm³/mol. The van der Waals surface area contributed by atoms with E-state index >= 15 is 0 Å². The number of pyridine rings is 1. The van der Waals surface area contributed by atoms with Crippen LogP contribution in [0.4, 0.5) is 13.2 Å². The van der Waals surface area contributed by atoms with E-state index in [1.807, 2.05) is 0 Å². The maximum absolute atomic E-state index is 13.2. The van der Waals surface area contributed by atoms with Crippen molar-refractivity contribution in [3.8, 4) is 0 Å². The monoisotopic (exact) mass is 225 g/mol. The second-order valence-corrected chi connectivity index (χ2v) is 2.82. The van der Waals surface area contributed by atoms with Gasteiger partial charge >= 0.3 is 0 Å². The van der Waals surface area contributed by atoms with Gasteiger partial charge in [0.15, 0.2) is 5.82 Å². The van der Waals surface area contributed by atoms with Crippen molar-refractivity contribution in [3.05, 3.63) is 28.8 Å². The average molecular weight is 226 g/mol. The molecule has 0 amide bonds. The molecule has 0 atom stereocenters. The first kappa shape index (κ1) is 11.3. The lowest BCUT2D eigenvalue weighted by atomic mass is 10.1. The Morgan fingerprint density at radius 2 is 2.14 bits per heavy atom. The minimum Gasteiger partial charge on any atom is -0.392 e. The number of nitrogens with zero attached hydrogens (tertiary/aromatic N) is 1. The van der Waals surface area contributed by atoms with Gasteiger partial charge < -0.3 is 5.11 Å². The van der Waals surface area contributed by atoms with E-state index < -0.39 is 24.5 Å². The first-order valence-corrected chi connectivity index (χ1v) is 4.26. The third kappa shape index (κ3) is 1.99. The number of aliphatic hydroxyl groups excluding tert-OH is 1. The summed E-state index contributed by atoms with van der Waals surface area (Å²) in [4.78, 5) is 3.21. The summed E-state index contributed by atoms with van der Waals surface area (Å²) in [5.41, 5.74) is -0.931. The molecule has 1 heterocycles. The summed E-state index contributed by atoms with van der Waals surface area (Å²) < 4.78 is 37.6. The number of aliphatic hydroxyl groups is 1. The Bertz CT molecular complexity index is 333. The Hall–Kier alpha value is -0.810. The van der Waals surface area contributed by atoms with E-state index in [1.165, 1.54) is 0 Å². The number of hydrogen-bond donors (Lipinski definition) is 1. The third-order valence-electron chi connectivity index (χ3n) is 1.75. The normalized spacial score (nSPS) is 11.0. The molecular formula is C8H7ClF3NO. The van der Waals surface area contributed by atoms with Crippen LogP contribution >= 0.6 is 11.6 Å². The van der Waals surface area contributed by atoms with Gasteiger partial charge in [-0.05, 0) is 0 Å². The van der Waals surface area contributed by atoms with Crippen LogP contribution in [0.25, 0.3) is 0 Å². The fourth-order valence-corrected chi connectivity index (χ4v) is 1.30. The van der Waals surface area contributed by atoms with Crippen LogP contribution < -0.4 is 0 Å². The van der Waals surface area contributed by atoms with Gasteiger partial charge in [0.1, 0.15) is 5.69 Å². The maximum Gasteiger partial charge on any atom is 0.283 e. The van der Waals surface area contributed by atoms with Gasteiger partial charge in [0.25, 0.3) is 6.43 Å². The topological polar surface area (TPSA) is 33.1 Å². The van der Waals surface area contributed by atoms with Crippen LogP contribution in [0.5, 0.6) is 0 Å². The number of alkyl halides is 3. The van der Waals surface area contributed by atoms with Crippen LogP contribution in [0, 0.1) is 5.82 Å². The molecule has 1 aromatic rings. The molecule has 0 saturated heterocycles. The molecule has 0 unspecified atom stereocenters. The van der Waals surface area contributed by atoms with E-state index in [9.17, 15) is 13.2 Å². The van der Waals surface area contributed by atoms with Crippen LogP contribution in [-0.2, 0) is 12.5 Å². The Morgan fingerprint density at radius 1 is 1.50 bits per heavy atom. The molecule has 0 bridgehead atoms. The number of halogens is 4. The van der Waals surface area contributed by atoms with Crippen molar-refractivity contribution in [2.75, 3.05) is 0 Å². The van der Waals surface area contributed by atoms with E-state index in [0.717, 1.165) is 6.20 Å². The highest BCUT2D eigenvalue weighted by Crippen LogP contribution is 2.25. The van der Waals surface area contributed by atoms with E-state index in [1.54, 1.807) is 0 Å². The molecule has 0 aliphatic carbocycles. The molecule has 1 N–H and O–H groups in total. The van der Waals surface area contributed by atoms with Crippen molar-refractivity contribution < 1.29 is 18.3 Å². The maximum atomic E-state index is 13.2. The van der Waals surface area contributed by atoms with E-state index in [0.29, 0.717) is 0 Å². The highest BCUT2D eigenvalue weighted by Gasteiger charge is 2.20. The third-order valence-corrected chi connectivity index (χ3v) is 2.01. The molecule has 14 heavy (non-hydrogen) atoms. The number of rotatable bonds is 3. The predicted octanol–water partition coefficient (Wildman–Crippen LogP) is 2.39. The molecule has 0 fully saturated rings. The van der Waals surface area contributed by atoms with Gasteiger partial charge in [0.2, 0.25) is 0 Å². The smallest absolute Gasteiger partial charge is 0.283 e. The van der Waals surface area contributed by atoms with Gasteiger partial charge in [-0.25, -0.2) is 13.2 Å².